The molecule has 21 heavy (non-hydrogen) atoms. The van der Waals surface area contributed by atoms with Crippen LogP contribution in [0.25, 0.3) is 0 Å². The van der Waals surface area contributed by atoms with Crippen molar-refractivity contribution in [2.45, 2.75) is 50.8 Å². The Labute approximate surface area is 121 Å². The predicted molar refractivity (Wildman–Crippen MR) is 71.4 cm³/mol. The van der Waals surface area contributed by atoms with Crippen molar-refractivity contribution in [3.05, 3.63) is 29.3 Å². The molecule has 0 saturated heterocycles. The minimum absolute atomic E-state index is 0.0932. The molecule has 3 rings (SSSR count). The van der Waals surface area contributed by atoms with Crippen LogP contribution in [0.3, 0.4) is 0 Å². The Hall–Kier alpha value is -1.52. The molecule has 1 aromatic rings. The van der Waals surface area contributed by atoms with Crippen molar-refractivity contribution >= 4 is 5.78 Å². The van der Waals surface area contributed by atoms with Crippen molar-refractivity contribution in [2.75, 3.05) is 0 Å². The van der Waals surface area contributed by atoms with Crippen LogP contribution in [0, 0.1) is 5.92 Å². The van der Waals surface area contributed by atoms with Gasteiger partial charge in [0.2, 0.25) is 0 Å². The molecule has 0 amide bonds. The molecule has 114 valence electrons. The van der Waals surface area contributed by atoms with Crippen LogP contribution in [0.1, 0.15) is 54.9 Å². The molecule has 1 fully saturated rings. The van der Waals surface area contributed by atoms with Crippen molar-refractivity contribution in [3.63, 3.8) is 0 Å². The van der Waals surface area contributed by atoms with E-state index in [-0.39, 0.29) is 23.5 Å². The van der Waals surface area contributed by atoms with Crippen LogP contribution >= 0.6 is 0 Å². The first-order chi connectivity index (χ1) is 9.79. The molecule has 1 aliphatic heterocycles. The summed E-state index contributed by atoms with van der Waals surface area (Å²) >= 11 is 0. The molecular weight excluding hydrogens is 281 g/mol. The van der Waals surface area contributed by atoms with Crippen LogP contribution in [-0.2, 0) is 6.18 Å². The van der Waals surface area contributed by atoms with Crippen LogP contribution in [-0.4, -0.2) is 11.4 Å². The van der Waals surface area contributed by atoms with Gasteiger partial charge in [-0.25, -0.2) is 0 Å². The average Bonchev–Trinajstić information content (AvgIpc) is 2.41. The van der Waals surface area contributed by atoms with Gasteiger partial charge in [0.1, 0.15) is 11.4 Å². The number of hydrogen-bond acceptors (Lipinski definition) is 2. The molecule has 0 aromatic heterocycles. The number of rotatable bonds is 0. The fourth-order valence-electron chi connectivity index (χ4n) is 3.24. The van der Waals surface area contributed by atoms with Crippen LogP contribution < -0.4 is 4.74 Å². The number of Topliss-reactive ketones (excluding diaryl/α,β-unsaturated/α-hetero) is 1. The summed E-state index contributed by atoms with van der Waals surface area (Å²) in [6.07, 6.45) is -0.792. The van der Waals surface area contributed by atoms with Crippen molar-refractivity contribution in [1.82, 2.24) is 0 Å². The van der Waals surface area contributed by atoms with E-state index in [1.54, 1.807) is 0 Å². The minimum Gasteiger partial charge on any atom is -0.486 e. The first-order valence-electron chi connectivity index (χ1n) is 7.23. The number of carbonyl (C=O) groups excluding carboxylic acids is 1. The van der Waals surface area contributed by atoms with Gasteiger partial charge in [0.05, 0.1) is 17.5 Å². The van der Waals surface area contributed by atoms with E-state index in [0.717, 1.165) is 37.8 Å². The quantitative estimate of drug-likeness (QED) is 0.698. The third-order valence-electron chi connectivity index (χ3n) is 4.60. The van der Waals surface area contributed by atoms with Gasteiger partial charge < -0.3 is 4.74 Å². The average molecular weight is 298 g/mol. The summed E-state index contributed by atoms with van der Waals surface area (Å²) in [7, 11) is 0. The van der Waals surface area contributed by atoms with Crippen molar-refractivity contribution < 1.29 is 22.7 Å². The van der Waals surface area contributed by atoms with E-state index in [1.165, 1.54) is 6.07 Å². The summed E-state index contributed by atoms with van der Waals surface area (Å²) in [4.78, 5) is 12.2. The lowest BCUT2D eigenvalue weighted by Gasteiger charge is -2.42. The van der Waals surface area contributed by atoms with Gasteiger partial charge in [0.25, 0.3) is 0 Å². The molecule has 1 aromatic carbocycles. The fraction of sp³-hybridized carbons (Fsp3) is 0.562. The zero-order valence-electron chi connectivity index (χ0n) is 11.8. The van der Waals surface area contributed by atoms with Crippen molar-refractivity contribution in [2.24, 2.45) is 5.92 Å². The minimum atomic E-state index is -4.42. The van der Waals surface area contributed by atoms with Crippen LogP contribution in [0.2, 0.25) is 0 Å². The molecule has 0 radical (unpaired) electrons. The third-order valence-corrected chi connectivity index (χ3v) is 4.60. The highest BCUT2D eigenvalue weighted by atomic mass is 19.4. The maximum atomic E-state index is 12.8. The maximum absolute atomic E-state index is 12.8. The number of ether oxygens (including phenoxy) is 1. The van der Waals surface area contributed by atoms with Gasteiger partial charge in [-0.1, -0.05) is 6.92 Å². The summed E-state index contributed by atoms with van der Waals surface area (Å²) < 4.78 is 44.3. The Bertz CT molecular complexity index is 569. The van der Waals surface area contributed by atoms with Gasteiger partial charge in [-0.05, 0) is 49.8 Å². The first-order valence-corrected chi connectivity index (χ1v) is 7.23. The van der Waals surface area contributed by atoms with E-state index in [0.29, 0.717) is 5.92 Å². The molecule has 0 N–H and O–H groups in total. The Morgan fingerprint density at radius 1 is 1.24 bits per heavy atom. The van der Waals surface area contributed by atoms with Gasteiger partial charge in [-0.15, -0.1) is 0 Å². The lowest BCUT2D eigenvalue weighted by Crippen LogP contribution is -2.44. The second-order valence-electron chi connectivity index (χ2n) is 6.28. The Morgan fingerprint density at radius 3 is 2.52 bits per heavy atom. The monoisotopic (exact) mass is 298 g/mol. The normalized spacial score (nSPS) is 29.1. The highest BCUT2D eigenvalue weighted by molar-refractivity contribution is 6.00. The highest BCUT2D eigenvalue weighted by Gasteiger charge is 2.43. The molecule has 1 heterocycles. The Morgan fingerprint density at radius 2 is 1.90 bits per heavy atom. The van der Waals surface area contributed by atoms with Gasteiger partial charge in [-0.3, -0.25) is 4.79 Å². The third kappa shape index (κ3) is 2.65. The highest BCUT2D eigenvalue weighted by Crippen LogP contribution is 2.44. The first kappa shape index (κ1) is 14.4. The van der Waals surface area contributed by atoms with Crippen molar-refractivity contribution in [1.29, 1.82) is 0 Å². The number of hydrogen-bond donors (Lipinski definition) is 0. The summed E-state index contributed by atoms with van der Waals surface area (Å²) in [6.45, 7) is 2.15. The lowest BCUT2D eigenvalue weighted by atomic mass is 9.75. The lowest BCUT2D eigenvalue weighted by molar-refractivity contribution is -0.137. The number of alkyl halides is 3. The van der Waals surface area contributed by atoms with E-state index in [4.69, 9.17) is 4.74 Å². The molecule has 0 bridgehead atoms. The topological polar surface area (TPSA) is 26.3 Å². The van der Waals surface area contributed by atoms with E-state index in [1.807, 2.05) is 0 Å². The molecule has 2 nitrogen and oxygen atoms in total. The summed E-state index contributed by atoms with van der Waals surface area (Å²) in [5, 5.41) is 0. The van der Waals surface area contributed by atoms with Crippen LogP contribution in [0.5, 0.6) is 5.75 Å². The Kier molecular flexibility index (Phi) is 3.26. The summed E-state index contributed by atoms with van der Waals surface area (Å²) in [5.41, 5.74) is -1.09. The smallest absolute Gasteiger partial charge is 0.416 e. The van der Waals surface area contributed by atoms with Gasteiger partial charge in [0.15, 0.2) is 5.78 Å². The zero-order valence-corrected chi connectivity index (χ0v) is 11.8. The predicted octanol–water partition coefficient (Wildman–Crippen LogP) is 4.62. The zero-order chi connectivity index (χ0) is 15.3. The molecule has 5 heteroatoms. The number of ketones is 1. The molecule has 1 saturated carbocycles. The molecule has 0 unspecified atom stereocenters. The molecule has 1 aliphatic carbocycles. The van der Waals surface area contributed by atoms with Gasteiger partial charge in [-0.2, -0.15) is 13.2 Å². The largest absolute Gasteiger partial charge is 0.486 e. The van der Waals surface area contributed by atoms with Crippen LogP contribution in [0.4, 0.5) is 13.2 Å². The molecule has 0 atom stereocenters. The molecular formula is C16H17F3O2. The second-order valence-corrected chi connectivity index (χ2v) is 6.28. The number of carbonyl (C=O) groups is 1. The fourth-order valence-corrected chi connectivity index (χ4v) is 3.24. The maximum Gasteiger partial charge on any atom is 0.416 e. The van der Waals surface area contributed by atoms with Gasteiger partial charge in [0, 0.05) is 0 Å². The van der Waals surface area contributed by atoms with Gasteiger partial charge >= 0.3 is 6.18 Å². The Balaban J connectivity index is 1.94. The second kappa shape index (κ2) is 4.75. The van der Waals surface area contributed by atoms with E-state index in [2.05, 4.69) is 6.92 Å². The molecule has 1 spiro atoms. The van der Waals surface area contributed by atoms with E-state index < -0.39 is 17.3 Å². The number of benzene rings is 1. The summed E-state index contributed by atoms with van der Waals surface area (Å²) in [6, 6.07) is 3.14. The number of fused-ring (bicyclic) bond motifs is 1. The summed E-state index contributed by atoms with van der Waals surface area (Å²) in [5.74, 6) is 0.562. The number of halogens is 3. The standard InChI is InChI=1S/C16H17F3O2/c1-10-4-6-15(7-5-10)9-13(20)12-3-2-11(16(17,18)19)8-14(12)21-15/h2-3,8,10H,4-7,9H2,1H3. The van der Waals surface area contributed by atoms with E-state index >= 15 is 0 Å². The van der Waals surface area contributed by atoms with Crippen LogP contribution in [0.15, 0.2) is 18.2 Å². The SMILES string of the molecule is CC1CCC2(CC1)CC(=O)c1ccc(C(F)(F)F)cc1O2. The molecule has 2 aliphatic rings. The van der Waals surface area contributed by atoms with E-state index in [9.17, 15) is 18.0 Å². The van der Waals surface area contributed by atoms with Crippen molar-refractivity contribution in [3.8, 4) is 5.75 Å².